The Morgan fingerprint density at radius 2 is 1.91 bits per heavy atom. The molecule has 1 aromatic heterocycles. The minimum atomic E-state index is 0. The number of nitrogens with one attached hydrogen (secondary N) is 2. The number of ether oxygens (including phenoxy) is 1. The van der Waals surface area contributed by atoms with Gasteiger partial charge in [0.2, 0.25) is 0 Å². The summed E-state index contributed by atoms with van der Waals surface area (Å²) in [7, 11) is 1.81. The van der Waals surface area contributed by atoms with Gasteiger partial charge in [-0.1, -0.05) is 32.4 Å². The number of guanidine groups is 1. The molecular formula is C24H39IN6O. The van der Waals surface area contributed by atoms with Crippen LogP contribution in [0.4, 0.5) is 0 Å². The van der Waals surface area contributed by atoms with Gasteiger partial charge in [-0.15, -0.1) is 34.2 Å². The van der Waals surface area contributed by atoms with Crippen molar-refractivity contribution in [2.75, 3.05) is 20.2 Å². The summed E-state index contributed by atoms with van der Waals surface area (Å²) in [4.78, 5) is 4.37. The van der Waals surface area contributed by atoms with Crippen molar-refractivity contribution in [3.63, 3.8) is 0 Å². The smallest absolute Gasteiger partial charge is 0.191 e. The maximum absolute atomic E-state index is 5.77. The number of hydrogen-bond donors (Lipinski definition) is 2. The summed E-state index contributed by atoms with van der Waals surface area (Å²) in [5, 5.41) is 15.7. The number of hydrogen-bond acceptors (Lipinski definition) is 4. The van der Waals surface area contributed by atoms with E-state index in [9.17, 15) is 0 Å². The van der Waals surface area contributed by atoms with Crippen LogP contribution < -0.4 is 15.4 Å². The van der Waals surface area contributed by atoms with E-state index in [4.69, 9.17) is 4.74 Å². The largest absolute Gasteiger partial charge is 0.493 e. The van der Waals surface area contributed by atoms with E-state index in [1.165, 1.54) is 24.8 Å². The topological polar surface area (TPSA) is 76.4 Å². The summed E-state index contributed by atoms with van der Waals surface area (Å²) >= 11 is 0. The molecule has 1 atom stereocenters. The molecule has 0 radical (unpaired) electrons. The Morgan fingerprint density at radius 3 is 2.62 bits per heavy atom. The fourth-order valence-electron chi connectivity index (χ4n) is 3.78. The maximum atomic E-state index is 5.77. The predicted molar refractivity (Wildman–Crippen MR) is 141 cm³/mol. The van der Waals surface area contributed by atoms with E-state index in [0.717, 1.165) is 62.3 Å². The van der Waals surface area contributed by atoms with E-state index >= 15 is 0 Å². The molecule has 1 aliphatic rings. The first-order chi connectivity index (χ1) is 15.1. The minimum absolute atomic E-state index is 0. The van der Waals surface area contributed by atoms with Gasteiger partial charge in [-0.3, -0.25) is 4.99 Å². The molecule has 3 rings (SSSR count). The lowest BCUT2D eigenvalue weighted by atomic mass is 10.1. The summed E-state index contributed by atoms with van der Waals surface area (Å²) in [6.45, 7) is 9.09. The number of halogens is 1. The van der Waals surface area contributed by atoms with Crippen molar-refractivity contribution in [3.05, 3.63) is 41.5 Å². The minimum Gasteiger partial charge on any atom is -0.493 e. The van der Waals surface area contributed by atoms with Crippen molar-refractivity contribution < 1.29 is 4.74 Å². The summed E-state index contributed by atoms with van der Waals surface area (Å²) in [5.41, 5.74) is 1.20. The van der Waals surface area contributed by atoms with E-state index in [1.54, 1.807) is 0 Å². The summed E-state index contributed by atoms with van der Waals surface area (Å²) in [6, 6.07) is 8.44. The lowest BCUT2D eigenvalue weighted by Crippen LogP contribution is -2.39. The van der Waals surface area contributed by atoms with Crippen LogP contribution in [-0.4, -0.2) is 40.9 Å². The average Bonchev–Trinajstić information content (AvgIpc) is 3.00. The number of benzene rings is 1. The molecule has 0 spiro atoms. The Bertz CT molecular complexity index is 834. The van der Waals surface area contributed by atoms with Gasteiger partial charge in [-0.2, -0.15) is 0 Å². The number of aryl methyl sites for hydroxylation is 2. The third-order valence-electron chi connectivity index (χ3n) is 5.60. The quantitative estimate of drug-likeness (QED) is 0.207. The lowest BCUT2D eigenvalue weighted by Gasteiger charge is -2.19. The van der Waals surface area contributed by atoms with Gasteiger partial charge in [0.1, 0.15) is 17.4 Å². The van der Waals surface area contributed by atoms with Crippen LogP contribution in [0.5, 0.6) is 5.75 Å². The lowest BCUT2D eigenvalue weighted by molar-refractivity contribution is 0.271. The van der Waals surface area contributed by atoms with Crippen LogP contribution in [0.2, 0.25) is 0 Å². The van der Waals surface area contributed by atoms with Crippen LogP contribution in [0.1, 0.15) is 69.7 Å². The van der Waals surface area contributed by atoms with Gasteiger partial charge in [0.15, 0.2) is 5.96 Å². The summed E-state index contributed by atoms with van der Waals surface area (Å²) in [6.07, 6.45) is 6.74. The van der Waals surface area contributed by atoms with Gasteiger partial charge in [-0.25, -0.2) is 0 Å². The Balaban J connectivity index is 0.00000363. The third-order valence-corrected chi connectivity index (χ3v) is 5.60. The van der Waals surface area contributed by atoms with Crippen molar-refractivity contribution >= 4 is 29.9 Å². The van der Waals surface area contributed by atoms with Gasteiger partial charge in [0.25, 0.3) is 0 Å². The van der Waals surface area contributed by atoms with Gasteiger partial charge in [0, 0.05) is 33.0 Å². The molecule has 2 aromatic rings. The zero-order valence-electron chi connectivity index (χ0n) is 19.9. The standard InChI is InChI=1S/C24H38N6O.HI/c1-18(2)17-31-21-13-11-20(12-14-21)19(3)27-24(25-4)26-15-8-10-23-29-28-22-9-6-5-7-16-30(22)23;/h11-14,18-19H,5-10,15-17H2,1-4H3,(H2,25,26,27);1H. The van der Waals surface area contributed by atoms with Crippen LogP contribution in [0, 0.1) is 5.92 Å². The molecule has 0 aliphatic carbocycles. The molecule has 2 heterocycles. The first-order valence-electron chi connectivity index (χ1n) is 11.7. The molecule has 2 N–H and O–H groups in total. The third kappa shape index (κ3) is 7.94. The number of aliphatic imine (C=N–C) groups is 1. The predicted octanol–water partition coefficient (Wildman–Crippen LogP) is 4.52. The number of fused-ring (bicyclic) bond motifs is 1. The van der Waals surface area contributed by atoms with Crippen LogP contribution >= 0.6 is 24.0 Å². The van der Waals surface area contributed by atoms with Gasteiger partial charge in [-0.05, 0) is 49.8 Å². The molecule has 32 heavy (non-hydrogen) atoms. The highest BCUT2D eigenvalue weighted by atomic mass is 127. The zero-order valence-corrected chi connectivity index (χ0v) is 22.3. The van der Waals surface area contributed by atoms with Crippen molar-refractivity contribution in [1.29, 1.82) is 0 Å². The maximum Gasteiger partial charge on any atom is 0.191 e. The monoisotopic (exact) mass is 554 g/mol. The summed E-state index contributed by atoms with van der Waals surface area (Å²) in [5.74, 6) is 4.53. The fourth-order valence-corrected chi connectivity index (χ4v) is 3.78. The Hall–Kier alpha value is -1.84. The molecule has 0 bridgehead atoms. The van der Waals surface area contributed by atoms with Crippen molar-refractivity contribution in [2.45, 2.75) is 71.9 Å². The summed E-state index contributed by atoms with van der Waals surface area (Å²) < 4.78 is 8.10. The molecule has 0 saturated heterocycles. The van der Waals surface area contributed by atoms with Crippen molar-refractivity contribution in [3.8, 4) is 5.75 Å². The van der Waals surface area contributed by atoms with Crippen molar-refractivity contribution in [2.24, 2.45) is 10.9 Å². The molecule has 0 saturated carbocycles. The van der Waals surface area contributed by atoms with Gasteiger partial charge >= 0.3 is 0 Å². The van der Waals surface area contributed by atoms with Crippen LogP contribution in [-0.2, 0) is 19.4 Å². The Kier molecular flexibility index (Phi) is 11.3. The van der Waals surface area contributed by atoms with E-state index in [0.29, 0.717) is 5.92 Å². The molecule has 0 fully saturated rings. The molecule has 0 amide bonds. The SMILES string of the molecule is CN=C(NCCCc1nnc2n1CCCCC2)NC(C)c1ccc(OCC(C)C)cc1.I. The first kappa shape index (κ1) is 26.4. The highest BCUT2D eigenvalue weighted by Gasteiger charge is 2.14. The molecule has 1 aliphatic heterocycles. The van der Waals surface area contributed by atoms with E-state index in [2.05, 4.69) is 63.3 Å². The fraction of sp³-hybridized carbons (Fsp3) is 0.625. The molecule has 1 unspecified atom stereocenters. The first-order valence-corrected chi connectivity index (χ1v) is 11.7. The van der Waals surface area contributed by atoms with E-state index in [1.807, 2.05) is 19.2 Å². The molecule has 8 heteroatoms. The van der Waals surface area contributed by atoms with Crippen molar-refractivity contribution in [1.82, 2.24) is 25.4 Å². The normalized spacial score (nSPS) is 14.8. The van der Waals surface area contributed by atoms with Gasteiger partial charge < -0.3 is 19.9 Å². The Labute approximate surface area is 209 Å². The highest BCUT2D eigenvalue weighted by molar-refractivity contribution is 14.0. The van der Waals surface area contributed by atoms with E-state index < -0.39 is 0 Å². The number of rotatable bonds is 9. The second-order valence-corrected chi connectivity index (χ2v) is 8.74. The number of nitrogens with zero attached hydrogens (tertiary/aromatic N) is 4. The second-order valence-electron chi connectivity index (χ2n) is 8.74. The number of aromatic nitrogens is 3. The highest BCUT2D eigenvalue weighted by Crippen LogP contribution is 2.18. The van der Waals surface area contributed by atoms with Crippen LogP contribution in [0.25, 0.3) is 0 Å². The molecule has 7 nitrogen and oxygen atoms in total. The van der Waals surface area contributed by atoms with Gasteiger partial charge in [0.05, 0.1) is 12.6 Å². The van der Waals surface area contributed by atoms with E-state index in [-0.39, 0.29) is 30.0 Å². The molecule has 1 aromatic carbocycles. The second kappa shape index (κ2) is 13.6. The zero-order chi connectivity index (χ0) is 22.1. The van der Waals surface area contributed by atoms with Crippen LogP contribution in [0.15, 0.2) is 29.3 Å². The average molecular weight is 555 g/mol. The molecule has 178 valence electrons. The Morgan fingerprint density at radius 1 is 1.12 bits per heavy atom. The van der Waals surface area contributed by atoms with Crippen LogP contribution in [0.3, 0.4) is 0 Å². The molecular weight excluding hydrogens is 515 g/mol.